The number of nitrogen functional groups attached to an aromatic ring is 2. The Morgan fingerprint density at radius 3 is 2.85 bits per heavy atom. The van der Waals surface area contributed by atoms with Gasteiger partial charge in [0, 0.05) is 11.5 Å². The van der Waals surface area contributed by atoms with Crippen molar-refractivity contribution in [2.24, 2.45) is 11.3 Å². The summed E-state index contributed by atoms with van der Waals surface area (Å²) in [5.74, 6) is 0.617. The van der Waals surface area contributed by atoms with Gasteiger partial charge in [0.1, 0.15) is 5.52 Å². The molecule has 0 amide bonds. The van der Waals surface area contributed by atoms with Crippen LogP contribution in [0.2, 0.25) is 0 Å². The molecule has 2 aromatic heterocycles. The molecule has 2 aromatic rings. The molecule has 0 aromatic carbocycles. The zero-order valence-corrected chi connectivity index (χ0v) is 10.8. The lowest BCUT2D eigenvalue weighted by Gasteiger charge is -2.16. The lowest BCUT2D eigenvalue weighted by Crippen LogP contribution is -2.22. The molecule has 0 radical (unpaired) electrons. The zero-order chi connectivity index (χ0) is 14.1. The highest BCUT2D eigenvalue weighted by Crippen LogP contribution is 2.67. The van der Waals surface area contributed by atoms with Crippen molar-refractivity contribution in [3.05, 3.63) is 6.33 Å². The molecular weight excluding hydrogens is 260 g/mol. The van der Waals surface area contributed by atoms with Crippen LogP contribution in [-0.2, 0) is 0 Å². The predicted octanol–water partition coefficient (Wildman–Crippen LogP) is -0.705. The van der Waals surface area contributed by atoms with Gasteiger partial charge in [-0.3, -0.25) is 0 Å². The van der Waals surface area contributed by atoms with Crippen LogP contribution in [0.25, 0.3) is 11.2 Å². The third kappa shape index (κ3) is 1.30. The van der Waals surface area contributed by atoms with E-state index in [2.05, 4.69) is 15.0 Å². The van der Waals surface area contributed by atoms with Crippen molar-refractivity contribution in [1.29, 1.82) is 0 Å². The molecule has 4 atom stereocenters. The van der Waals surface area contributed by atoms with Crippen LogP contribution in [0.15, 0.2) is 6.33 Å². The first kappa shape index (κ1) is 11.9. The van der Waals surface area contributed by atoms with Crippen molar-refractivity contribution in [3.8, 4) is 0 Å². The van der Waals surface area contributed by atoms with Gasteiger partial charge in [-0.15, -0.1) is 0 Å². The van der Waals surface area contributed by atoms with E-state index in [0.29, 0.717) is 17.6 Å². The summed E-state index contributed by atoms with van der Waals surface area (Å²) < 4.78 is 1.90. The SMILES string of the molecule is Nc1nc(N)c2ncn([C@@H]3C[C@@H](O)[C@@]4(CO)C[C@@H]34)c2n1. The number of anilines is 2. The minimum atomic E-state index is -0.489. The quantitative estimate of drug-likeness (QED) is 0.569. The average molecular weight is 276 g/mol. The molecule has 2 aliphatic rings. The molecule has 2 fully saturated rings. The van der Waals surface area contributed by atoms with Gasteiger partial charge >= 0.3 is 0 Å². The summed E-state index contributed by atoms with van der Waals surface area (Å²) in [5, 5.41) is 19.7. The van der Waals surface area contributed by atoms with E-state index in [1.54, 1.807) is 6.33 Å². The van der Waals surface area contributed by atoms with Gasteiger partial charge in [0.25, 0.3) is 0 Å². The summed E-state index contributed by atoms with van der Waals surface area (Å²) in [6, 6.07) is 0.0656. The van der Waals surface area contributed by atoms with Gasteiger partial charge in [0.05, 0.1) is 19.0 Å². The Labute approximate surface area is 114 Å². The highest BCUT2D eigenvalue weighted by atomic mass is 16.3. The minimum absolute atomic E-state index is 0.0151. The first-order chi connectivity index (χ1) is 9.56. The third-order valence-corrected chi connectivity index (χ3v) is 4.89. The number of nitrogens with zero attached hydrogens (tertiary/aromatic N) is 4. The van der Waals surface area contributed by atoms with Crippen LogP contribution in [0.5, 0.6) is 0 Å². The van der Waals surface area contributed by atoms with E-state index in [0.717, 1.165) is 6.42 Å². The maximum Gasteiger partial charge on any atom is 0.224 e. The fourth-order valence-corrected chi connectivity index (χ4v) is 3.67. The van der Waals surface area contributed by atoms with Crippen molar-refractivity contribution >= 4 is 22.9 Å². The van der Waals surface area contributed by atoms with E-state index in [1.807, 2.05) is 4.57 Å². The Hall–Kier alpha value is -1.93. The van der Waals surface area contributed by atoms with Crippen molar-refractivity contribution in [1.82, 2.24) is 19.5 Å². The van der Waals surface area contributed by atoms with Gasteiger partial charge in [0.2, 0.25) is 5.95 Å². The van der Waals surface area contributed by atoms with Gasteiger partial charge < -0.3 is 26.2 Å². The fourth-order valence-electron chi connectivity index (χ4n) is 3.67. The first-order valence-corrected chi connectivity index (χ1v) is 6.61. The number of fused-ring (bicyclic) bond motifs is 2. The van der Waals surface area contributed by atoms with Crippen LogP contribution < -0.4 is 11.5 Å². The monoisotopic (exact) mass is 276 g/mol. The number of nitrogens with two attached hydrogens (primary N) is 2. The molecule has 8 heteroatoms. The molecule has 0 aliphatic heterocycles. The number of imidazole rings is 1. The molecule has 0 spiro atoms. The van der Waals surface area contributed by atoms with Crippen molar-refractivity contribution in [2.75, 3.05) is 18.1 Å². The summed E-state index contributed by atoms with van der Waals surface area (Å²) in [4.78, 5) is 12.3. The molecular formula is C12H16N6O2. The second-order valence-corrected chi connectivity index (χ2v) is 5.81. The molecule has 2 heterocycles. The predicted molar refractivity (Wildman–Crippen MR) is 71.4 cm³/mol. The number of aliphatic hydroxyl groups excluding tert-OH is 2. The summed E-state index contributed by atoms with van der Waals surface area (Å²) >= 11 is 0. The minimum Gasteiger partial charge on any atom is -0.396 e. The molecule has 6 N–H and O–H groups in total. The largest absolute Gasteiger partial charge is 0.396 e. The smallest absolute Gasteiger partial charge is 0.224 e. The average Bonchev–Trinajstić information content (AvgIpc) is 2.91. The molecule has 0 saturated heterocycles. The van der Waals surface area contributed by atoms with Crippen molar-refractivity contribution in [3.63, 3.8) is 0 Å². The van der Waals surface area contributed by atoms with Crippen LogP contribution >= 0.6 is 0 Å². The summed E-state index contributed by atoms with van der Waals surface area (Å²) in [5.41, 5.74) is 12.2. The lowest BCUT2D eigenvalue weighted by atomic mass is 10.0. The Kier molecular flexibility index (Phi) is 2.13. The number of aromatic nitrogens is 4. The highest BCUT2D eigenvalue weighted by Gasteiger charge is 2.67. The molecule has 8 nitrogen and oxygen atoms in total. The van der Waals surface area contributed by atoms with Gasteiger partial charge in [-0.05, 0) is 18.8 Å². The third-order valence-electron chi connectivity index (χ3n) is 4.89. The maximum atomic E-state index is 10.2. The van der Waals surface area contributed by atoms with Gasteiger partial charge in [-0.1, -0.05) is 0 Å². The molecule has 0 unspecified atom stereocenters. The van der Waals surface area contributed by atoms with E-state index >= 15 is 0 Å². The van der Waals surface area contributed by atoms with Crippen LogP contribution in [0.3, 0.4) is 0 Å². The standard InChI is InChI=1S/C12H16N6O2/c13-9-8-10(17-11(14)16-9)18(4-15-8)6-1-7(20)12(3-19)2-5(6)12/h4-7,19-20H,1-3H2,(H4,13,14,16,17)/t5-,6+,7+,12+/m0/s1. The number of aliphatic hydroxyl groups is 2. The summed E-state index contributed by atoms with van der Waals surface area (Å²) in [6.45, 7) is 0.0151. The summed E-state index contributed by atoms with van der Waals surface area (Å²) in [7, 11) is 0. The molecule has 20 heavy (non-hydrogen) atoms. The number of hydrogen-bond donors (Lipinski definition) is 4. The van der Waals surface area contributed by atoms with E-state index in [-0.39, 0.29) is 35.7 Å². The Bertz CT molecular complexity index is 701. The number of hydrogen-bond acceptors (Lipinski definition) is 7. The first-order valence-electron chi connectivity index (χ1n) is 6.61. The normalized spacial score (nSPS) is 35.4. The van der Waals surface area contributed by atoms with Crippen molar-refractivity contribution in [2.45, 2.75) is 25.0 Å². The Morgan fingerprint density at radius 1 is 1.40 bits per heavy atom. The van der Waals surface area contributed by atoms with Crippen LogP contribution in [0, 0.1) is 11.3 Å². The summed E-state index contributed by atoms with van der Waals surface area (Å²) in [6.07, 6.45) is 2.58. The lowest BCUT2D eigenvalue weighted by molar-refractivity contribution is 0.0600. The maximum absolute atomic E-state index is 10.2. The van der Waals surface area contributed by atoms with E-state index < -0.39 is 6.10 Å². The Balaban J connectivity index is 1.81. The Morgan fingerprint density at radius 2 is 2.20 bits per heavy atom. The van der Waals surface area contributed by atoms with Gasteiger partial charge in [0.15, 0.2) is 11.5 Å². The molecule has 4 rings (SSSR count). The van der Waals surface area contributed by atoms with Crippen LogP contribution in [-0.4, -0.2) is 42.4 Å². The highest BCUT2D eigenvalue weighted by molar-refractivity contribution is 5.82. The molecule has 2 aliphatic carbocycles. The molecule has 2 saturated carbocycles. The van der Waals surface area contributed by atoms with Crippen LogP contribution in [0.4, 0.5) is 11.8 Å². The second kappa shape index (κ2) is 3.58. The van der Waals surface area contributed by atoms with E-state index in [4.69, 9.17) is 11.5 Å². The zero-order valence-electron chi connectivity index (χ0n) is 10.8. The number of rotatable bonds is 2. The molecule has 106 valence electrons. The van der Waals surface area contributed by atoms with Gasteiger partial charge in [-0.2, -0.15) is 9.97 Å². The fraction of sp³-hybridized carbons (Fsp3) is 0.583. The topological polar surface area (TPSA) is 136 Å². The van der Waals surface area contributed by atoms with Crippen LogP contribution in [0.1, 0.15) is 18.9 Å². The second-order valence-electron chi connectivity index (χ2n) is 5.81. The van der Waals surface area contributed by atoms with E-state index in [9.17, 15) is 10.2 Å². The van der Waals surface area contributed by atoms with E-state index in [1.165, 1.54) is 0 Å². The molecule has 0 bridgehead atoms. The van der Waals surface area contributed by atoms with Crippen molar-refractivity contribution < 1.29 is 10.2 Å². The van der Waals surface area contributed by atoms with Gasteiger partial charge in [-0.25, -0.2) is 4.98 Å².